The Bertz CT molecular complexity index is 1860. The molecule has 246 valence electrons. The van der Waals surface area contributed by atoms with Crippen molar-refractivity contribution in [3.8, 4) is 17.2 Å². The lowest BCUT2D eigenvalue weighted by molar-refractivity contribution is -0.120. The summed E-state index contributed by atoms with van der Waals surface area (Å²) in [5, 5.41) is 16.5. The van der Waals surface area contributed by atoms with E-state index in [9.17, 15) is 14.9 Å². The summed E-state index contributed by atoms with van der Waals surface area (Å²) in [5.41, 5.74) is 9.26. The average Bonchev–Trinajstić information content (AvgIpc) is 3.83. The number of aryl methyl sites for hydroxylation is 3. The first kappa shape index (κ1) is 31.6. The molecule has 3 aliphatic rings. The van der Waals surface area contributed by atoms with Gasteiger partial charge >= 0.3 is 6.03 Å². The van der Waals surface area contributed by atoms with Gasteiger partial charge < -0.3 is 9.42 Å². The number of nitrogens with zero attached hydrogens (tertiary/aromatic N) is 5. The van der Waals surface area contributed by atoms with Crippen molar-refractivity contribution in [1.82, 2.24) is 15.4 Å². The summed E-state index contributed by atoms with van der Waals surface area (Å²) in [4.78, 5) is 31.0. The Labute approximate surface area is 282 Å². The molecule has 0 radical (unpaired) electrons. The molecule has 48 heavy (non-hydrogen) atoms. The minimum absolute atomic E-state index is 0.222. The van der Waals surface area contributed by atoms with Crippen LogP contribution in [0.1, 0.15) is 60.2 Å². The van der Waals surface area contributed by atoms with Gasteiger partial charge in [0, 0.05) is 48.7 Å². The molecular weight excluding hydrogens is 600 g/mol. The second kappa shape index (κ2) is 12.9. The van der Waals surface area contributed by atoms with Gasteiger partial charge in [0.05, 0.1) is 17.2 Å². The molecule has 0 spiro atoms. The van der Waals surface area contributed by atoms with E-state index in [1.165, 1.54) is 5.56 Å². The van der Waals surface area contributed by atoms with E-state index in [-0.39, 0.29) is 17.4 Å². The summed E-state index contributed by atoms with van der Waals surface area (Å²) in [6.45, 7) is 10.1. The molecule has 0 unspecified atom stereocenters. The fourth-order valence-electron chi connectivity index (χ4n) is 7.37. The summed E-state index contributed by atoms with van der Waals surface area (Å²) < 4.78 is 5.52. The third kappa shape index (κ3) is 6.20. The summed E-state index contributed by atoms with van der Waals surface area (Å²) in [5.74, 6) is 1.07. The molecule has 2 aliphatic heterocycles. The number of nitrogens with one attached hydrogen (secondary N) is 1. The highest BCUT2D eigenvalue weighted by molar-refractivity contribution is 6.05. The number of piperidine rings is 1. The number of rotatable bonds is 9. The summed E-state index contributed by atoms with van der Waals surface area (Å²) in [6, 6.07) is 25.5. The number of para-hydroxylation sites is 1. The molecule has 9 nitrogen and oxygen atoms in total. The van der Waals surface area contributed by atoms with E-state index in [0.717, 1.165) is 103 Å². The molecule has 3 amide bonds. The van der Waals surface area contributed by atoms with Gasteiger partial charge in [-0.2, -0.15) is 5.26 Å². The largest absolute Gasteiger partial charge is 0.361 e. The smallest absolute Gasteiger partial charge is 0.328 e. The van der Waals surface area contributed by atoms with Crippen molar-refractivity contribution in [2.75, 3.05) is 36.0 Å². The van der Waals surface area contributed by atoms with E-state index in [0.29, 0.717) is 18.9 Å². The van der Waals surface area contributed by atoms with Crippen molar-refractivity contribution in [2.24, 2.45) is 5.92 Å². The number of hydrogen-bond acceptors (Lipinski definition) is 7. The monoisotopic (exact) mass is 642 g/mol. The maximum absolute atomic E-state index is 12.6. The third-order valence-corrected chi connectivity index (χ3v) is 10.4. The van der Waals surface area contributed by atoms with Crippen LogP contribution in [0.2, 0.25) is 0 Å². The van der Waals surface area contributed by atoms with E-state index < -0.39 is 0 Å². The van der Waals surface area contributed by atoms with Crippen LogP contribution in [0, 0.1) is 38.0 Å². The molecule has 9 heteroatoms. The van der Waals surface area contributed by atoms with Crippen LogP contribution in [0.5, 0.6) is 0 Å². The Balaban J connectivity index is 1.11. The van der Waals surface area contributed by atoms with Gasteiger partial charge in [-0.1, -0.05) is 47.6 Å². The van der Waals surface area contributed by atoms with E-state index in [4.69, 9.17) is 4.52 Å². The maximum atomic E-state index is 12.6. The third-order valence-electron chi connectivity index (χ3n) is 10.4. The molecule has 0 bridgehead atoms. The first-order valence-corrected chi connectivity index (χ1v) is 17.0. The van der Waals surface area contributed by atoms with Gasteiger partial charge in [0.1, 0.15) is 5.76 Å². The van der Waals surface area contributed by atoms with Crippen molar-refractivity contribution in [2.45, 2.75) is 64.8 Å². The van der Waals surface area contributed by atoms with E-state index in [1.807, 2.05) is 32.0 Å². The van der Waals surface area contributed by atoms with Gasteiger partial charge in [-0.05, 0) is 112 Å². The number of amides is 3. The minimum atomic E-state index is -0.348. The number of carbonyl (C=O) groups excluding carboxylic acids is 2. The van der Waals surface area contributed by atoms with Crippen LogP contribution in [-0.2, 0) is 16.8 Å². The van der Waals surface area contributed by atoms with Gasteiger partial charge in [-0.15, -0.1) is 0 Å². The molecule has 3 fully saturated rings. The lowest BCUT2D eigenvalue weighted by atomic mass is 9.93. The standard InChI is InChI=1S/C39H42N6O3/c1-26-8-9-30(37-27(2)42-48-28(37)3)22-35(26)45(33-12-10-32(11-13-33)39(25-40)17-18-39)23-29-14-19-43(20-15-29)24-31-6-4-5-7-34(31)44-21-16-36(46)41-38(44)47/h4-13,22,29H,14-21,23-24H2,1-3H3,(H,41,46,47). The molecule has 1 aliphatic carbocycles. The summed E-state index contributed by atoms with van der Waals surface area (Å²) in [7, 11) is 0. The lowest BCUT2D eigenvalue weighted by Crippen LogP contribution is -2.50. The number of anilines is 3. The van der Waals surface area contributed by atoms with Gasteiger partial charge in [-0.25, -0.2) is 4.79 Å². The molecule has 7 rings (SSSR count). The second-order valence-electron chi connectivity index (χ2n) is 13.7. The molecule has 2 saturated heterocycles. The first-order valence-electron chi connectivity index (χ1n) is 17.0. The summed E-state index contributed by atoms with van der Waals surface area (Å²) >= 11 is 0. The number of hydrogen-bond donors (Lipinski definition) is 1. The molecular formula is C39H42N6O3. The Morgan fingerprint density at radius 2 is 1.75 bits per heavy atom. The zero-order valence-electron chi connectivity index (χ0n) is 28.0. The van der Waals surface area contributed by atoms with Crippen LogP contribution < -0.4 is 15.1 Å². The lowest BCUT2D eigenvalue weighted by Gasteiger charge is -2.37. The van der Waals surface area contributed by atoms with E-state index in [1.54, 1.807) is 4.90 Å². The van der Waals surface area contributed by atoms with Crippen LogP contribution in [0.3, 0.4) is 0 Å². The van der Waals surface area contributed by atoms with Crippen molar-refractivity contribution in [1.29, 1.82) is 5.26 Å². The molecule has 1 saturated carbocycles. The average molecular weight is 643 g/mol. The van der Waals surface area contributed by atoms with Crippen LogP contribution in [0.4, 0.5) is 21.9 Å². The zero-order chi connectivity index (χ0) is 33.4. The molecule has 1 aromatic heterocycles. The van der Waals surface area contributed by atoms with Crippen LogP contribution in [0.25, 0.3) is 11.1 Å². The fraction of sp³-hybridized carbons (Fsp3) is 0.385. The first-order chi connectivity index (χ1) is 23.2. The highest BCUT2D eigenvalue weighted by Crippen LogP contribution is 2.48. The summed E-state index contributed by atoms with van der Waals surface area (Å²) in [6.07, 6.45) is 4.27. The zero-order valence-corrected chi connectivity index (χ0v) is 28.0. The molecule has 1 N–H and O–H groups in total. The Morgan fingerprint density at radius 1 is 1.00 bits per heavy atom. The highest BCUT2D eigenvalue weighted by Gasteiger charge is 2.44. The van der Waals surface area contributed by atoms with E-state index >= 15 is 0 Å². The fourth-order valence-corrected chi connectivity index (χ4v) is 7.37. The predicted octanol–water partition coefficient (Wildman–Crippen LogP) is 7.32. The highest BCUT2D eigenvalue weighted by atomic mass is 16.5. The van der Waals surface area contributed by atoms with Crippen molar-refractivity contribution < 1.29 is 14.1 Å². The van der Waals surface area contributed by atoms with Gasteiger partial charge in [0.2, 0.25) is 5.91 Å². The SMILES string of the molecule is Cc1ccc(-c2c(C)noc2C)cc1N(CC1CCN(Cc2ccccc2N2CCC(=O)NC2=O)CC1)c1ccc(C2(C#N)CC2)cc1. The number of carbonyl (C=O) groups is 2. The quantitative estimate of drug-likeness (QED) is 0.204. The molecule has 3 aromatic carbocycles. The van der Waals surface area contributed by atoms with Crippen LogP contribution in [-0.4, -0.2) is 48.2 Å². The topological polar surface area (TPSA) is 106 Å². The van der Waals surface area contributed by atoms with Gasteiger partial charge in [0.25, 0.3) is 0 Å². The van der Waals surface area contributed by atoms with Crippen LogP contribution >= 0.6 is 0 Å². The van der Waals surface area contributed by atoms with Crippen molar-refractivity contribution in [3.05, 3.63) is 94.9 Å². The van der Waals surface area contributed by atoms with Crippen molar-refractivity contribution >= 4 is 29.0 Å². The van der Waals surface area contributed by atoms with Crippen molar-refractivity contribution in [3.63, 3.8) is 0 Å². The number of likely N-dealkylation sites (tertiary alicyclic amines) is 1. The normalized spacial score (nSPS) is 18.0. The Hall–Kier alpha value is -4.94. The number of imide groups is 1. The van der Waals surface area contributed by atoms with E-state index in [2.05, 4.69) is 81.8 Å². The number of aromatic nitrogens is 1. The molecule has 0 atom stereocenters. The molecule has 4 aromatic rings. The maximum Gasteiger partial charge on any atom is 0.328 e. The van der Waals surface area contributed by atoms with Gasteiger partial charge in [-0.3, -0.25) is 19.9 Å². The number of nitriles is 1. The Kier molecular flexibility index (Phi) is 8.52. The minimum Gasteiger partial charge on any atom is -0.361 e. The predicted molar refractivity (Wildman–Crippen MR) is 186 cm³/mol. The van der Waals surface area contributed by atoms with Gasteiger partial charge in [0.15, 0.2) is 0 Å². The molecule has 3 heterocycles. The number of benzene rings is 3. The number of urea groups is 1. The van der Waals surface area contributed by atoms with Crippen LogP contribution in [0.15, 0.2) is 71.3 Å². The second-order valence-corrected chi connectivity index (χ2v) is 13.7. The Morgan fingerprint density at radius 3 is 2.42 bits per heavy atom.